The van der Waals surface area contributed by atoms with Crippen LogP contribution in [-0.2, 0) is 7.05 Å². The van der Waals surface area contributed by atoms with Crippen LogP contribution >= 0.6 is 11.6 Å². The highest BCUT2D eigenvalue weighted by Crippen LogP contribution is 2.42. The predicted molar refractivity (Wildman–Crippen MR) is 57.0 cm³/mol. The van der Waals surface area contributed by atoms with Crippen molar-refractivity contribution in [1.82, 2.24) is 9.78 Å². The summed E-state index contributed by atoms with van der Waals surface area (Å²) < 4.78 is 1.78. The summed E-state index contributed by atoms with van der Waals surface area (Å²) in [7, 11) is 1.89. The van der Waals surface area contributed by atoms with Crippen molar-refractivity contribution >= 4 is 11.6 Å². The molecule has 1 aliphatic rings. The van der Waals surface area contributed by atoms with Crippen molar-refractivity contribution in [1.29, 1.82) is 0 Å². The summed E-state index contributed by atoms with van der Waals surface area (Å²) in [6.45, 7) is 2.20. The maximum absolute atomic E-state index is 6.18. The molecule has 0 spiro atoms. The van der Waals surface area contributed by atoms with Crippen LogP contribution in [-0.4, -0.2) is 9.78 Å². The summed E-state index contributed by atoms with van der Waals surface area (Å²) >= 11 is 6.05. The third kappa shape index (κ3) is 1.66. The zero-order chi connectivity index (χ0) is 10.3. The summed E-state index contributed by atoms with van der Waals surface area (Å²) in [5.74, 6) is 1.29. The lowest BCUT2D eigenvalue weighted by atomic mass is 9.95. The monoisotopic (exact) mass is 213 g/mol. The molecule has 1 heterocycles. The lowest BCUT2D eigenvalue weighted by molar-refractivity contribution is 0.399. The van der Waals surface area contributed by atoms with Gasteiger partial charge in [0.25, 0.3) is 0 Å². The van der Waals surface area contributed by atoms with Gasteiger partial charge in [0.1, 0.15) is 0 Å². The molecule has 3 nitrogen and oxygen atoms in total. The molecule has 0 radical (unpaired) electrons. The van der Waals surface area contributed by atoms with Gasteiger partial charge in [-0.3, -0.25) is 4.68 Å². The van der Waals surface area contributed by atoms with E-state index in [1.165, 1.54) is 12.8 Å². The Bertz CT molecular complexity index is 311. The van der Waals surface area contributed by atoms with Crippen LogP contribution in [0, 0.1) is 11.8 Å². The van der Waals surface area contributed by atoms with Gasteiger partial charge in [0.2, 0.25) is 0 Å². The molecule has 1 saturated carbocycles. The van der Waals surface area contributed by atoms with Crippen molar-refractivity contribution < 1.29 is 0 Å². The fourth-order valence-electron chi connectivity index (χ4n) is 1.96. The van der Waals surface area contributed by atoms with Gasteiger partial charge in [0.05, 0.1) is 23.0 Å². The van der Waals surface area contributed by atoms with Crippen LogP contribution in [0.4, 0.5) is 0 Å². The van der Waals surface area contributed by atoms with Gasteiger partial charge in [0.15, 0.2) is 0 Å². The largest absolute Gasteiger partial charge is 0.322 e. The van der Waals surface area contributed by atoms with E-state index in [4.69, 9.17) is 17.3 Å². The highest BCUT2D eigenvalue weighted by atomic mass is 35.5. The maximum Gasteiger partial charge on any atom is 0.0834 e. The fourth-order valence-corrected chi connectivity index (χ4v) is 2.25. The molecule has 1 aliphatic carbocycles. The van der Waals surface area contributed by atoms with Crippen molar-refractivity contribution in [3.63, 3.8) is 0 Å². The van der Waals surface area contributed by atoms with E-state index in [1.807, 2.05) is 7.05 Å². The fraction of sp³-hybridized carbons (Fsp3) is 0.700. The summed E-state index contributed by atoms with van der Waals surface area (Å²) in [6.07, 6.45) is 4.28. The lowest BCUT2D eigenvalue weighted by Crippen LogP contribution is -2.23. The molecule has 0 saturated heterocycles. The van der Waals surface area contributed by atoms with Crippen LogP contribution in [0.25, 0.3) is 0 Å². The molecule has 0 amide bonds. The Morgan fingerprint density at radius 2 is 2.29 bits per heavy atom. The first-order chi connectivity index (χ1) is 6.61. The molecule has 78 valence electrons. The van der Waals surface area contributed by atoms with Gasteiger partial charge in [-0.2, -0.15) is 5.10 Å². The van der Waals surface area contributed by atoms with Gasteiger partial charge in [-0.1, -0.05) is 18.5 Å². The zero-order valence-electron chi connectivity index (χ0n) is 8.57. The number of nitrogens with two attached hydrogens (primary N) is 1. The number of rotatable bonds is 3. The summed E-state index contributed by atoms with van der Waals surface area (Å²) in [5.41, 5.74) is 7.14. The average molecular weight is 214 g/mol. The van der Waals surface area contributed by atoms with Crippen molar-refractivity contribution in [2.24, 2.45) is 24.6 Å². The summed E-state index contributed by atoms with van der Waals surface area (Å²) in [6, 6.07) is 0.0162. The van der Waals surface area contributed by atoms with Crippen LogP contribution in [0.15, 0.2) is 6.20 Å². The van der Waals surface area contributed by atoms with Crippen molar-refractivity contribution in [3.8, 4) is 0 Å². The molecular formula is C10H16ClN3. The minimum absolute atomic E-state index is 0.0162. The van der Waals surface area contributed by atoms with Crippen molar-refractivity contribution in [3.05, 3.63) is 16.9 Å². The molecule has 0 bridgehead atoms. The van der Waals surface area contributed by atoms with Crippen LogP contribution < -0.4 is 5.73 Å². The van der Waals surface area contributed by atoms with Gasteiger partial charge in [0, 0.05) is 7.05 Å². The topological polar surface area (TPSA) is 43.8 Å². The minimum atomic E-state index is 0.0162. The number of nitrogens with zero attached hydrogens (tertiary/aromatic N) is 2. The Balaban J connectivity index is 2.20. The molecule has 1 aromatic heterocycles. The van der Waals surface area contributed by atoms with E-state index >= 15 is 0 Å². The second-order valence-corrected chi connectivity index (χ2v) is 4.63. The normalized spacial score (nSPS) is 20.9. The SMILES string of the molecule is CC(C1CC1)C(N)c1c(Cl)cnn1C. The van der Waals surface area contributed by atoms with Crippen LogP contribution in [0.2, 0.25) is 5.02 Å². The Morgan fingerprint density at radius 3 is 2.71 bits per heavy atom. The van der Waals surface area contributed by atoms with E-state index in [1.54, 1.807) is 10.9 Å². The molecular weight excluding hydrogens is 198 g/mol. The summed E-state index contributed by atoms with van der Waals surface area (Å²) in [5, 5.41) is 4.79. The average Bonchev–Trinajstić information content (AvgIpc) is 2.92. The van der Waals surface area contributed by atoms with Gasteiger partial charge in [-0.15, -0.1) is 0 Å². The lowest BCUT2D eigenvalue weighted by Gasteiger charge is -2.20. The first-order valence-corrected chi connectivity index (χ1v) is 5.42. The maximum atomic E-state index is 6.18. The van der Waals surface area contributed by atoms with Gasteiger partial charge in [-0.25, -0.2) is 0 Å². The number of hydrogen-bond donors (Lipinski definition) is 1. The third-order valence-electron chi connectivity index (χ3n) is 3.19. The number of hydrogen-bond acceptors (Lipinski definition) is 2. The van der Waals surface area contributed by atoms with E-state index in [0.29, 0.717) is 10.9 Å². The molecule has 2 N–H and O–H groups in total. The molecule has 1 fully saturated rings. The quantitative estimate of drug-likeness (QED) is 0.836. The first kappa shape index (κ1) is 9.99. The molecule has 2 rings (SSSR count). The van der Waals surface area contributed by atoms with Crippen LogP contribution in [0.1, 0.15) is 31.5 Å². The molecule has 0 aromatic carbocycles. The van der Waals surface area contributed by atoms with Crippen molar-refractivity contribution in [2.45, 2.75) is 25.8 Å². The van der Waals surface area contributed by atoms with Crippen LogP contribution in [0.5, 0.6) is 0 Å². The van der Waals surface area contributed by atoms with E-state index in [-0.39, 0.29) is 6.04 Å². The molecule has 1 aromatic rings. The Hall–Kier alpha value is -0.540. The molecule has 0 aliphatic heterocycles. The third-order valence-corrected chi connectivity index (χ3v) is 3.48. The predicted octanol–water partition coefficient (Wildman–Crippen LogP) is 2.12. The zero-order valence-corrected chi connectivity index (χ0v) is 9.33. The second-order valence-electron chi connectivity index (χ2n) is 4.22. The van der Waals surface area contributed by atoms with E-state index < -0.39 is 0 Å². The molecule has 4 heteroatoms. The number of aromatic nitrogens is 2. The van der Waals surface area contributed by atoms with E-state index in [0.717, 1.165) is 11.6 Å². The minimum Gasteiger partial charge on any atom is -0.322 e. The number of aryl methyl sites for hydroxylation is 1. The first-order valence-electron chi connectivity index (χ1n) is 5.04. The standard InChI is InChI=1S/C10H16ClN3/c1-6(7-3-4-7)9(12)10-8(11)5-13-14(10)2/h5-7,9H,3-4,12H2,1-2H3. The van der Waals surface area contributed by atoms with Crippen LogP contribution in [0.3, 0.4) is 0 Å². The Morgan fingerprint density at radius 1 is 1.64 bits per heavy atom. The van der Waals surface area contributed by atoms with Gasteiger partial charge >= 0.3 is 0 Å². The highest BCUT2D eigenvalue weighted by molar-refractivity contribution is 6.31. The van der Waals surface area contributed by atoms with E-state index in [9.17, 15) is 0 Å². The number of halogens is 1. The smallest absolute Gasteiger partial charge is 0.0834 e. The van der Waals surface area contributed by atoms with Crippen molar-refractivity contribution in [2.75, 3.05) is 0 Å². The Labute approximate surface area is 89.2 Å². The van der Waals surface area contributed by atoms with E-state index in [2.05, 4.69) is 12.0 Å². The molecule has 2 unspecified atom stereocenters. The van der Waals surface area contributed by atoms with Gasteiger partial charge in [-0.05, 0) is 24.7 Å². The highest BCUT2D eigenvalue weighted by Gasteiger charge is 2.34. The molecule has 2 atom stereocenters. The van der Waals surface area contributed by atoms with Gasteiger partial charge < -0.3 is 5.73 Å². The summed E-state index contributed by atoms with van der Waals surface area (Å²) in [4.78, 5) is 0. The second kappa shape index (κ2) is 3.55. The Kier molecular flexibility index (Phi) is 2.54. The molecule has 14 heavy (non-hydrogen) atoms.